The molecule has 0 aliphatic carbocycles. The summed E-state index contributed by atoms with van der Waals surface area (Å²) in [6.45, 7) is 2.29. The molecule has 1 aromatic heterocycles. The van der Waals surface area contributed by atoms with Crippen LogP contribution in [0.25, 0.3) is 11.0 Å². The average Bonchev–Trinajstić information content (AvgIpc) is 2.73. The lowest BCUT2D eigenvalue weighted by Crippen LogP contribution is -2.35. The number of nitrogens with one attached hydrogen (secondary N) is 2. The van der Waals surface area contributed by atoms with Crippen molar-refractivity contribution in [2.75, 3.05) is 19.8 Å². The number of ether oxygens (including phenoxy) is 1. The first kappa shape index (κ1) is 10.1. The summed E-state index contributed by atoms with van der Waals surface area (Å²) < 4.78 is 5.41. The molecule has 2 N–H and O–H groups in total. The summed E-state index contributed by atoms with van der Waals surface area (Å²) in [6.07, 6.45) is 0. The number of nitrogens with zero attached hydrogens (tertiary/aromatic N) is 1. The fourth-order valence-electron chi connectivity index (χ4n) is 1.91. The molecular weight excluding hydrogens is 226 g/mol. The van der Waals surface area contributed by atoms with Gasteiger partial charge in [-0.3, -0.25) is 0 Å². The van der Waals surface area contributed by atoms with Crippen LogP contribution < -0.4 is 5.32 Å². The van der Waals surface area contributed by atoms with Crippen molar-refractivity contribution in [3.05, 3.63) is 29.0 Å². The van der Waals surface area contributed by atoms with E-state index in [0.29, 0.717) is 6.61 Å². The standard InChI is InChI=1S/C11H12ClN3O/c12-7-1-2-8-9(5-7)15-11(14-8)10-6-16-4-3-13-10/h1-2,5,10,13H,3-4,6H2,(H,14,15). The molecule has 0 amide bonds. The van der Waals surface area contributed by atoms with Gasteiger partial charge in [-0.15, -0.1) is 0 Å². The van der Waals surface area contributed by atoms with E-state index in [0.717, 1.165) is 35.0 Å². The highest BCUT2D eigenvalue weighted by Gasteiger charge is 2.18. The van der Waals surface area contributed by atoms with Gasteiger partial charge in [0, 0.05) is 11.6 Å². The summed E-state index contributed by atoms with van der Waals surface area (Å²) in [5.41, 5.74) is 1.90. The molecule has 0 spiro atoms. The Bertz CT molecular complexity index is 505. The van der Waals surface area contributed by atoms with Crippen molar-refractivity contribution in [1.29, 1.82) is 0 Å². The number of fused-ring (bicyclic) bond motifs is 1. The highest BCUT2D eigenvalue weighted by atomic mass is 35.5. The molecule has 3 rings (SSSR count). The van der Waals surface area contributed by atoms with Gasteiger partial charge in [0.25, 0.3) is 0 Å². The number of halogens is 1. The Morgan fingerprint density at radius 1 is 1.44 bits per heavy atom. The van der Waals surface area contributed by atoms with E-state index in [2.05, 4.69) is 15.3 Å². The Kier molecular flexibility index (Phi) is 2.55. The van der Waals surface area contributed by atoms with Crippen LogP contribution in [0.5, 0.6) is 0 Å². The minimum absolute atomic E-state index is 0.153. The van der Waals surface area contributed by atoms with Crippen molar-refractivity contribution in [2.45, 2.75) is 6.04 Å². The number of aromatic nitrogens is 2. The summed E-state index contributed by atoms with van der Waals surface area (Å²) in [5.74, 6) is 0.914. The van der Waals surface area contributed by atoms with Gasteiger partial charge in [0.05, 0.1) is 30.3 Å². The van der Waals surface area contributed by atoms with E-state index >= 15 is 0 Å². The van der Waals surface area contributed by atoms with E-state index in [9.17, 15) is 0 Å². The highest BCUT2D eigenvalue weighted by Crippen LogP contribution is 2.20. The van der Waals surface area contributed by atoms with Gasteiger partial charge in [0.2, 0.25) is 0 Å². The summed E-state index contributed by atoms with van der Waals surface area (Å²) >= 11 is 5.93. The summed E-state index contributed by atoms with van der Waals surface area (Å²) in [6, 6.07) is 5.80. The molecule has 1 unspecified atom stereocenters. The van der Waals surface area contributed by atoms with Crippen LogP contribution in [0.2, 0.25) is 5.02 Å². The molecule has 1 aromatic carbocycles. The van der Waals surface area contributed by atoms with Crippen molar-refractivity contribution in [3.8, 4) is 0 Å². The second-order valence-electron chi connectivity index (χ2n) is 3.87. The molecule has 1 atom stereocenters. The first-order chi connectivity index (χ1) is 7.83. The normalized spacial score (nSPS) is 21.4. The summed E-state index contributed by atoms with van der Waals surface area (Å²) in [7, 11) is 0. The third-order valence-corrected chi connectivity index (χ3v) is 2.95. The van der Waals surface area contributed by atoms with Crippen molar-refractivity contribution >= 4 is 22.6 Å². The van der Waals surface area contributed by atoms with Crippen LogP contribution in [0.3, 0.4) is 0 Å². The largest absolute Gasteiger partial charge is 0.378 e. The molecule has 1 saturated heterocycles. The monoisotopic (exact) mass is 237 g/mol. The minimum Gasteiger partial charge on any atom is -0.378 e. The molecule has 0 radical (unpaired) electrons. The van der Waals surface area contributed by atoms with Gasteiger partial charge in [-0.05, 0) is 18.2 Å². The van der Waals surface area contributed by atoms with E-state index < -0.39 is 0 Å². The van der Waals surface area contributed by atoms with Gasteiger partial charge in [0.15, 0.2) is 0 Å². The number of hydrogen-bond donors (Lipinski definition) is 2. The van der Waals surface area contributed by atoms with Crippen LogP contribution in [0.4, 0.5) is 0 Å². The van der Waals surface area contributed by atoms with Crippen LogP contribution in [-0.4, -0.2) is 29.7 Å². The first-order valence-electron chi connectivity index (χ1n) is 5.29. The van der Waals surface area contributed by atoms with Crippen molar-refractivity contribution in [2.24, 2.45) is 0 Å². The Hall–Kier alpha value is -1.10. The molecule has 1 aliphatic heterocycles. The maximum absolute atomic E-state index is 5.93. The first-order valence-corrected chi connectivity index (χ1v) is 5.67. The molecule has 84 valence electrons. The topological polar surface area (TPSA) is 49.9 Å². The zero-order chi connectivity index (χ0) is 11.0. The lowest BCUT2D eigenvalue weighted by molar-refractivity contribution is 0.0746. The lowest BCUT2D eigenvalue weighted by Gasteiger charge is -2.21. The van der Waals surface area contributed by atoms with E-state index in [1.807, 2.05) is 18.2 Å². The second-order valence-corrected chi connectivity index (χ2v) is 4.30. The fraction of sp³-hybridized carbons (Fsp3) is 0.364. The predicted octanol–water partition coefficient (Wildman–Crippen LogP) is 1.88. The minimum atomic E-state index is 0.153. The van der Waals surface area contributed by atoms with Crippen molar-refractivity contribution < 1.29 is 4.74 Å². The smallest absolute Gasteiger partial charge is 0.126 e. The van der Waals surface area contributed by atoms with E-state index in [1.54, 1.807) is 0 Å². The van der Waals surface area contributed by atoms with Gasteiger partial charge in [-0.2, -0.15) is 0 Å². The SMILES string of the molecule is Clc1ccc2nc(C3COCCN3)[nH]c2c1. The quantitative estimate of drug-likeness (QED) is 0.796. The second kappa shape index (κ2) is 4.05. The third kappa shape index (κ3) is 1.80. The molecule has 0 saturated carbocycles. The Labute approximate surface area is 98.0 Å². The van der Waals surface area contributed by atoms with E-state index in [1.165, 1.54) is 0 Å². The van der Waals surface area contributed by atoms with E-state index in [4.69, 9.17) is 16.3 Å². The van der Waals surface area contributed by atoms with Crippen LogP contribution in [-0.2, 0) is 4.74 Å². The molecule has 5 heteroatoms. The van der Waals surface area contributed by atoms with Gasteiger partial charge in [-0.1, -0.05) is 11.6 Å². The number of hydrogen-bond acceptors (Lipinski definition) is 3. The maximum atomic E-state index is 5.93. The van der Waals surface area contributed by atoms with E-state index in [-0.39, 0.29) is 6.04 Å². The molecule has 16 heavy (non-hydrogen) atoms. The molecule has 2 aromatic rings. The molecule has 4 nitrogen and oxygen atoms in total. The van der Waals surface area contributed by atoms with Crippen molar-refractivity contribution in [1.82, 2.24) is 15.3 Å². The number of rotatable bonds is 1. The van der Waals surface area contributed by atoms with Crippen LogP contribution in [0, 0.1) is 0 Å². The van der Waals surface area contributed by atoms with Crippen LogP contribution in [0.15, 0.2) is 18.2 Å². The Balaban J connectivity index is 1.97. The summed E-state index contributed by atoms with van der Waals surface area (Å²) in [4.78, 5) is 7.79. The molecule has 0 bridgehead atoms. The van der Waals surface area contributed by atoms with Gasteiger partial charge < -0.3 is 15.0 Å². The molecular formula is C11H12ClN3O. The Morgan fingerprint density at radius 2 is 2.38 bits per heavy atom. The fourth-order valence-corrected chi connectivity index (χ4v) is 2.08. The number of H-pyrrole nitrogens is 1. The zero-order valence-corrected chi connectivity index (χ0v) is 9.42. The highest BCUT2D eigenvalue weighted by molar-refractivity contribution is 6.31. The molecule has 2 heterocycles. The number of benzene rings is 1. The number of aromatic amines is 1. The van der Waals surface area contributed by atoms with Gasteiger partial charge >= 0.3 is 0 Å². The number of morpholine rings is 1. The molecule has 1 aliphatic rings. The average molecular weight is 238 g/mol. The molecule has 1 fully saturated rings. The van der Waals surface area contributed by atoms with Gasteiger partial charge in [0.1, 0.15) is 5.82 Å². The lowest BCUT2D eigenvalue weighted by atomic mass is 10.2. The van der Waals surface area contributed by atoms with Crippen LogP contribution in [0.1, 0.15) is 11.9 Å². The maximum Gasteiger partial charge on any atom is 0.126 e. The Morgan fingerprint density at radius 3 is 3.19 bits per heavy atom. The van der Waals surface area contributed by atoms with Crippen molar-refractivity contribution in [3.63, 3.8) is 0 Å². The zero-order valence-electron chi connectivity index (χ0n) is 8.66. The summed E-state index contributed by atoms with van der Waals surface area (Å²) in [5, 5.41) is 4.08. The van der Waals surface area contributed by atoms with Gasteiger partial charge in [-0.25, -0.2) is 4.98 Å². The number of imidazole rings is 1. The third-order valence-electron chi connectivity index (χ3n) is 2.71. The van der Waals surface area contributed by atoms with Crippen LogP contribution >= 0.6 is 11.6 Å². The predicted molar refractivity (Wildman–Crippen MR) is 62.7 cm³/mol.